The summed E-state index contributed by atoms with van der Waals surface area (Å²) in [7, 11) is 0. The Bertz CT molecular complexity index is 868. The average Bonchev–Trinajstić information content (AvgIpc) is 3.41. The van der Waals surface area contributed by atoms with Gasteiger partial charge in [0, 0.05) is 62.0 Å². The molecule has 5 nitrogen and oxygen atoms in total. The van der Waals surface area contributed by atoms with Gasteiger partial charge in [0.2, 0.25) is 0 Å². The first-order valence-corrected chi connectivity index (χ1v) is 13.3. The Morgan fingerprint density at radius 1 is 1.06 bits per heavy atom. The summed E-state index contributed by atoms with van der Waals surface area (Å²) in [6, 6.07) is 6.05. The molecular weight excluding hydrogens is 461 g/mol. The number of thioether (sulfide) groups is 1. The first-order valence-electron chi connectivity index (χ1n) is 12.3. The van der Waals surface area contributed by atoms with Gasteiger partial charge in [0.1, 0.15) is 0 Å². The zero-order valence-electron chi connectivity index (χ0n) is 20.1. The molecule has 0 bridgehead atoms. The van der Waals surface area contributed by atoms with Gasteiger partial charge in [0.25, 0.3) is 0 Å². The average molecular weight is 497 g/mol. The van der Waals surface area contributed by atoms with E-state index in [1.807, 2.05) is 6.92 Å². The van der Waals surface area contributed by atoms with E-state index in [-0.39, 0.29) is 0 Å². The Kier molecular flexibility index (Phi) is 8.58. The Labute approximate surface area is 204 Å². The molecule has 4 rings (SSSR count). The van der Waals surface area contributed by atoms with Crippen LogP contribution in [-0.2, 0) is 10.9 Å². The second-order valence-electron chi connectivity index (χ2n) is 9.56. The molecule has 0 radical (unpaired) electrons. The van der Waals surface area contributed by atoms with Gasteiger partial charge in [0.05, 0.1) is 10.6 Å². The van der Waals surface area contributed by atoms with E-state index in [1.165, 1.54) is 12.1 Å². The number of likely N-dealkylation sites (tertiary alicyclic amines) is 1. The van der Waals surface area contributed by atoms with Gasteiger partial charge >= 0.3 is 6.18 Å². The molecule has 9 heteroatoms. The molecule has 2 unspecified atom stereocenters. The van der Waals surface area contributed by atoms with E-state index in [4.69, 9.17) is 4.74 Å². The minimum absolute atomic E-state index is 0.398. The zero-order valence-corrected chi connectivity index (χ0v) is 20.9. The van der Waals surface area contributed by atoms with Crippen molar-refractivity contribution in [1.29, 1.82) is 0 Å². The number of halogens is 3. The van der Waals surface area contributed by atoms with Crippen LogP contribution in [0.4, 0.5) is 18.9 Å². The third-order valence-electron chi connectivity index (χ3n) is 7.24. The highest BCUT2D eigenvalue weighted by atomic mass is 32.2. The highest BCUT2D eigenvalue weighted by molar-refractivity contribution is 8.13. The Hall–Kier alpha value is -1.58. The first kappa shape index (κ1) is 25.5. The summed E-state index contributed by atoms with van der Waals surface area (Å²) in [5.41, 5.74) is 1.42. The lowest BCUT2D eigenvalue weighted by molar-refractivity contribution is -0.137. The number of hydrogen-bond acceptors (Lipinski definition) is 6. The highest BCUT2D eigenvalue weighted by Gasteiger charge is 2.41. The van der Waals surface area contributed by atoms with E-state index in [2.05, 4.69) is 26.9 Å². The van der Waals surface area contributed by atoms with Crippen molar-refractivity contribution in [2.45, 2.75) is 51.7 Å². The van der Waals surface area contributed by atoms with Gasteiger partial charge in [-0.25, -0.2) is 0 Å². The Morgan fingerprint density at radius 3 is 2.50 bits per heavy atom. The van der Waals surface area contributed by atoms with Gasteiger partial charge in [-0.15, -0.1) is 16.9 Å². The molecule has 0 aliphatic carbocycles. The van der Waals surface area contributed by atoms with Crippen LogP contribution in [0, 0.1) is 11.8 Å². The normalized spacial score (nSPS) is 25.3. The zero-order chi connectivity index (χ0) is 24.1. The molecule has 3 heterocycles. The van der Waals surface area contributed by atoms with Crippen LogP contribution in [0.1, 0.15) is 45.1 Å². The second kappa shape index (κ2) is 11.4. The number of ether oxygens (including phenoxy) is 1. The Morgan fingerprint density at radius 2 is 1.79 bits per heavy atom. The quantitative estimate of drug-likeness (QED) is 0.215. The lowest BCUT2D eigenvalue weighted by atomic mass is 9.96. The summed E-state index contributed by atoms with van der Waals surface area (Å²) in [5.74, 6) is 2.10. The summed E-state index contributed by atoms with van der Waals surface area (Å²) in [6.07, 6.45) is -0.0310. The van der Waals surface area contributed by atoms with E-state index in [9.17, 15) is 13.2 Å². The lowest BCUT2D eigenvalue weighted by Gasteiger charge is -2.27. The third kappa shape index (κ3) is 6.55. The molecule has 2 atom stereocenters. The summed E-state index contributed by atoms with van der Waals surface area (Å²) in [5, 5.41) is 9.86. The second-order valence-corrected chi connectivity index (χ2v) is 10.9. The molecule has 0 saturated carbocycles. The van der Waals surface area contributed by atoms with Crippen LogP contribution in [0.2, 0.25) is 0 Å². The minimum Gasteiger partial charge on any atom is -0.381 e. The van der Waals surface area contributed by atoms with E-state index >= 15 is 0 Å². The molecule has 0 amide bonds. The molecule has 1 aromatic rings. The molecule has 3 saturated heterocycles. The first-order chi connectivity index (χ1) is 16.3. The van der Waals surface area contributed by atoms with Gasteiger partial charge in [-0.1, -0.05) is 0 Å². The van der Waals surface area contributed by atoms with Crippen molar-refractivity contribution >= 4 is 28.2 Å². The lowest BCUT2D eigenvalue weighted by Crippen LogP contribution is -2.35. The number of rotatable bonds is 7. The molecule has 3 fully saturated rings. The van der Waals surface area contributed by atoms with Crippen LogP contribution < -0.4 is 4.90 Å². The largest absolute Gasteiger partial charge is 0.416 e. The molecule has 3 aliphatic rings. The van der Waals surface area contributed by atoms with Crippen molar-refractivity contribution in [3.05, 3.63) is 29.8 Å². The van der Waals surface area contributed by atoms with E-state index in [0.29, 0.717) is 17.9 Å². The van der Waals surface area contributed by atoms with Gasteiger partial charge in [-0.05, 0) is 76.3 Å². The Balaban J connectivity index is 1.19. The maximum absolute atomic E-state index is 12.9. The van der Waals surface area contributed by atoms with E-state index in [1.54, 1.807) is 23.9 Å². The standard InChI is InChI=1S/C25H35F3N4OS/c1-18(20-9-13-33-14-10-20)29-30-19(2)34-15-3-11-31-16-21-8-12-32(24(21)17-31)23-6-4-22(5-7-23)25(26,27)28/h4-7,20-21,24H,3,8-17H2,1-2H3/b29-18+,30-19+. The molecule has 188 valence electrons. The predicted octanol–water partition coefficient (Wildman–Crippen LogP) is 5.56. The molecule has 0 spiro atoms. The van der Waals surface area contributed by atoms with Crippen molar-refractivity contribution in [2.75, 3.05) is 50.0 Å². The van der Waals surface area contributed by atoms with Gasteiger partial charge in [-0.3, -0.25) is 0 Å². The van der Waals surface area contributed by atoms with Gasteiger partial charge in [-0.2, -0.15) is 18.3 Å². The fourth-order valence-electron chi connectivity index (χ4n) is 5.28. The summed E-state index contributed by atoms with van der Waals surface area (Å²) in [6.45, 7) is 9.74. The van der Waals surface area contributed by atoms with Crippen molar-refractivity contribution in [1.82, 2.24) is 4.90 Å². The number of anilines is 1. The summed E-state index contributed by atoms with van der Waals surface area (Å²) < 4.78 is 44.0. The monoisotopic (exact) mass is 496 g/mol. The number of fused-ring (bicyclic) bond motifs is 1. The number of hydrogen-bond donors (Lipinski definition) is 0. The summed E-state index contributed by atoms with van der Waals surface area (Å²) >= 11 is 1.76. The van der Waals surface area contributed by atoms with Crippen LogP contribution in [0.25, 0.3) is 0 Å². The van der Waals surface area contributed by atoms with Crippen LogP contribution in [0.15, 0.2) is 34.5 Å². The topological polar surface area (TPSA) is 40.4 Å². The SMILES string of the molecule is C/C(=N\N=C(/C)C1CCOCC1)SCCCN1CC2CCN(c3ccc(C(F)(F)F)cc3)C2C1. The molecule has 0 N–H and O–H groups in total. The maximum atomic E-state index is 12.9. The van der Waals surface area contributed by atoms with E-state index in [0.717, 1.165) is 87.3 Å². The fraction of sp³-hybridized carbons (Fsp3) is 0.680. The van der Waals surface area contributed by atoms with Crippen molar-refractivity contribution in [3.8, 4) is 0 Å². The predicted molar refractivity (Wildman–Crippen MR) is 134 cm³/mol. The molecule has 1 aromatic carbocycles. The summed E-state index contributed by atoms with van der Waals surface area (Å²) in [4.78, 5) is 4.81. The van der Waals surface area contributed by atoms with Crippen LogP contribution in [0.3, 0.4) is 0 Å². The van der Waals surface area contributed by atoms with Crippen LogP contribution in [-0.4, -0.2) is 66.8 Å². The molecular formula is C25H35F3N4OS. The highest BCUT2D eigenvalue weighted by Crippen LogP contribution is 2.37. The van der Waals surface area contributed by atoms with Crippen molar-refractivity contribution in [3.63, 3.8) is 0 Å². The molecule has 34 heavy (non-hydrogen) atoms. The number of benzene rings is 1. The fourth-order valence-corrected chi connectivity index (χ4v) is 5.94. The van der Waals surface area contributed by atoms with E-state index < -0.39 is 11.7 Å². The number of nitrogens with zero attached hydrogens (tertiary/aromatic N) is 4. The maximum Gasteiger partial charge on any atom is 0.416 e. The smallest absolute Gasteiger partial charge is 0.381 e. The van der Waals surface area contributed by atoms with Crippen LogP contribution >= 0.6 is 11.8 Å². The molecule has 0 aromatic heterocycles. The van der Waals surface area contributed by atoms with Gasteiger partial charge < -0.3 is 14.5 Å². The van der Waals surface area contributed by atoms with Crippen molar-refractivity contribution < 1.29 is 17.9 Å². The molecule has 3 aliphatic heterocycles. The minimum atomic E-state index is -4.28. The third-order valence-corrected chi connectivity index (χ3v) is 8.23. The number of alkyl halides is 3. The van der Waals surface area contributed by atoms with Crippen LogP contribution in [0.5, 0.6) is 0 Å². The van der Waals surface area contributed by atoms with Crippen molar-refractivity contribution in [2.24, 2.45) is 22.0 Å². The van der Waals surface area contributed by atoms with Gasteiger partial charge in [0.15, 0.2) is 0 Å².